The number of carbonyl (C=O) groups excluding carboxylic acids is 1. The Morgan fingerprint density at radius 3 is 2.71 bits per heavy atom. The van der Waals surface area contributed by atoms with Crippen molar-refractivity contribution < 1.29 is 14.8 Å². The van der Waals surface area contributed by atoms with Crippen molar-refractivity contribution >= 4 is 17.3 Å². The number of nitro groups is 1. The molecule has 0 radical (unpaired) electrons. The van der Waals surface area contributed by atoms with Crippen molar-refractivity contribution in [2.24, 2.45) is 0 Å². The van der Waals surface area contributed by atoms with Crippen LogP contribution < -0.4 is 5.32 Å². The molecule has 2 N–H and O–H groups in total. The number of hydrogen-bond donors (Lipinski definition) is 2. The first-order valence-electron chi connectivity index (χ1n) is 7.00. The second-order valence-electron chi connectivity index (χ2n) is 5.12. The van der Waals surface area contributed by atoms with E-state index >= 15 is 0 Å². The van der Waals surface area contributed by atoms with Gasteiger partial charge in [0.1, 0.15) is 0 Å². The molecule has 1 atom stereocenters. The van der Waals surface area contributed by atoms with E-state index in [1.54, 1.807) is 17.0 Å². The van der Waals surface area contributed by atoms with Crippen LogP contribution in [0.5, 0.6) is 0 Å². The van der Waals surface area contributed by atoms with E-state index < -0.39 is 4.92 Å². The van der Waals surface area contributed by atoms with Crippen molar-refractivity contribution in [2.75, 3.05) is 25.0 Å². The number of hydrogen-bond acceptors (Lipinski definition) is 5. The number of nitro benzene ring substituents is 1. The molecular weight excluding hydrogens is 274 g/mol. The number of amides is 1. The minimum Gasteiger partial charge on any atom is -0.391 e. The Bertz CT molecular complexity index is 503. The Morgan fingerprint density at radius 2 is 2.14 bits per heavy atom. The largest absolute Gasteiger partial charge is 0.391 e. The number of anilines is 1. The summed E-state index contributed by atoms with van der Waals surface area (Å²) in [5, 5.41) is 23.0. The van der Waals surface area contributed by atoms with E-state index in [1.807, 2.05) is 0 Å². The van der Waals surface area contributed by atoms with Gasteiger partial charge in [0.05, 0.1) is 11.0 Å². The molecule has 0 spiro atoms. The molecule has 0 aliphatic carbocycles. The smallest absolute Gasteiger partial charge is 0.269 e. The topological polar surface area (TPSA) is 95.7 Å². The van der Waals surface area contributed by atoms with E-state index in [0.29, 0.717) is 38.9 Å². The van der Waals surface area contributed by atoms with E-state index in [2.05, 4.69) is 5.32 Å². The van der Waals surface area contributed by atoms with E-state index in [9.17, 15) is 20.0 Å². The number of rotatable bonds is 6. The molecule has 0 aromatic heterocycles. The van der Waals surface area contributed by atoms with Gasteiger partial charge >= 0.3 is 0 Å². The van der Waals surface area contributed by atoms with Gasteiger partial charge in [0.25, 0.3) is 5.69 Å². The summed E-state index contributed by atoms with van der Waals surface area (Å²) >= 11 is 0. The molecule has 7 heteroatoms. The predicted molar refractivity (Wildman–Crippen MR) is 78.0 cm³/mol. The molecule has 1 amide bonds. The first-order chi connectivity index (χ1) is 10.1. The quantitative estimate of drug-likeness (QED) is 0.469. The Hall–Kier alpha value is -2.15. The standard InChI is InChI=1S/C14H19N3O4/c18-13-7-9-16(10-13)14(19)2-1-8-15-11-3-5-12(6-4-11)17(20)21/h3-6,13,15,18H,1-2,7-10H2/t13-/m1/s1. The van der Waals surface area contributed by atoms with Crippen LogP contribution in [0.2, 0.25) is 0 Å². The highest BCUT2D eigenvalue weighted by molar-refractivity contribution is 5.76. The maximum absolute atomic E-state index is 11.8. The van der Waals surface area contributed by atoms with Gasteiger partial charge in [-0.05, 0) is 25.0 Å². The zero-order valence-electron chi connectivity index (χ0n) is 11.7. The van der Waals surface area contributed by atoms with Gasteiger partial charge < -0.3 is 15.3 Å². The van der Waals surface area contributed by atoms with Crippen molar-refractivity contribution in [3.8, 4) is 0 Å². The lowest BCUT2D eigenvalue weighted by Gasteiger charge is -2.15. The highest BCUT2D eigenvalue weighted by Gasteiger charge is 2.23. The van der Waals surface area contributed by atoms with E-state index in [0.717, 1.165) is 5.69 Å². The van der Waals surface area contributed by atoms with Crippen LogP contribution in [0.1, 0.15) is 19.3 Å². The summed E-state index contributed by atoms with van der Waals surface area (Å²) < 4.78 is 0. The number of β-amino-alcohol motifs (C(OH)–C–C–N with tert-alkyl or cyclic N) is 1. The molecule has 1 aliphatic rings. The molecule has 1 fully saturated rings. The summed E-state index contributed by atoms with van der Waals surface area (Å²) in [4.78, 5) is 23.6. The predicted octanol–water partition coefficient (Wildman–Crippen LogP) is 1.38. The molecule has 1 aromatic carbocycles. The zero-order chi connectivity index (χ0) is 15.2. The number of non-ortho nitro benzene ring substituents is 1. The lowest BCUT2D eigenvalue weighted by Crippen LogP contribution is -2.29. The molecule has 0 unspecified atom stereocenters. The van der Waals surface area contributed by atoms with Crippen LogP contribution in [0.3, 0.4) is 0 Å². The van der Waals surface area contributed by atoms with Gasteiger partial charge in [-0.3, -0.25) is 14.9 Å². The lowest BCUT2D eigenvalue weighted by atomic mass is 10.2. The van der Waals surface area contributed by atoms with Crippen molar-refractivity contribution in [1.82, 2.24) is 4.90 Å². The fraction of sp³-hybridized carbons (Fsp3) is 0.500. The molecule has 0 bridgehead atoms. The minimum atomic E-state index is -0.438. The third kappa shape index (κ3) is 4.42. The van der Waals surface area contributed by atoms with Crippen LogP contribution in [0.15, 0.2) is 24.3 Å². The van der Waals surface area contributed by atoms with Crippen LogP contribution >= 0.6 is 0 Å². The Balaban J connectivity index is 1.67. The maximum Gasteiger partial charge on any atom is 0.269 e. The average molecular weight is 293 g/mol. The van der Waals surface area contributed by atoms with E-state index in [1.165, 1.54) is 12.1 Å². The van der Waals surface area contributed by atoms with Crippen LogP contribution in [0, 0.1) is 10.1 Å². The van der Waals surface area contributed by atoms with Gasteiger partial charge in [-0.2, -0.15) is 0 Å². The summed E-state index contributed by atoms with van der Waals surface area (Å²) in [6.45, 7) is 1.70. The molecule has 0 saturated carbocycles. The fourth-order valence-electron chi connectivity index (χ4n) is 2.30. The van der Waals surface area contributed by atoms with E-state index in [-0.39, 0.29) is 17.7 Å². The summed E-state index contributed by atoms with van der Waals surface area (Å²) in [5.74, 6) is 0.0667. The summed E-state index contributed by atoms with van der Waals surface area (Å²) in [5.41, 5.74) is 0.855. The molecule has 2 rings (SSSR count). The zero-order valence-corrected chi connectivity index (χ0v) is 11.7. The van der Waals surface area contributed by atoms with Gasteiger partial charge in [0, 0.05) is 43.9 Å². The summed E-state index contributed by atoms with van der Waals surface area (Å²) in [6.07, 6.45) is 1.40. The van der Waals surface area contributed by atoms with Gasteiger partial charge in [0.2, 0.25) is 5.91 Å². The van der Waals surface area contributed by atoms with Crippen LogP contribution in [0.4, 0.5) is 11.4 Å². The Labute approximate surface area is 122 Å². The monoisotopic (exact) mass is 293 g/mol. The van der Waals surface area contributed by atoms with Gasteiger partial charge in [-0.25, -0.2) is 0 Å². The second-order valence-corrected chi connectivity index (χ2v) is 5.12. The highest BCUT2D eigenvalue weighted by atomic mass is 16.6. The Morgan fingerprint density at radius 1 is 1.43 bits per heavy atom. The van der Waals surface area contributed by atoms with Crippen LogP contribution in [-0.2, 0) is 4.79 Å². The number of aliphatic hydroxyl groups is 1. The summed E-state index contributed by atoms with van der Waals surface area (Å²) in [7, 11) is 0. The minimum absolute atomic E-state index is 0.0586. The fourth-order valence-corrected chi connectivity index (χ4v) is 2.30. The number of nitrogens with one attached hydrogen (secondary N) is 1. The normalized spacial score (nSPS) is 17.8. The Kier molecular flexibility index (Phi) is 5.10. The molecule has 1 aliphatic heterocycles. The molecule has 1 saturated heterocycles. The average Bonchev–Trinajstić information content (AvgIpc) is 2.90. The van der Waals surface area contributed by atoms with Gasteiger partial charge in [-0.1, -0.05) is 0 Å². The third-order valence-corrected chi connectivity index (χ3v) is 3.49. The lowest BCUT2D eigenvalue weighted by molar-refractivity contribution is -0.384. The molecule has 1 heterocycles. The van der Waals surface area contributed by atoms with E-state index in [4.69, 9.17) is 0 Å². The molecule has 114 valence electrons. The number of aliphatic hydroxyl groups excluding tert-OH is 1. The van der Waals surface area contributed by atoms with Gasteiger partial charge in [-0.15, -0.1) is 0 Å². The third-order valence-electron chi connectivity index (χ3n) is 3.49. The van der Waals surface area contributed by atoms with Crippen molar-refractivity contribution in [1.29, 1.82) is 0 Å². The summed E-state index contributed by atoms with van der Waals surface area (Å²) in [6, 6.07) is 6.19. The second kappa shape index (κ2) is 7.03. The highest BCUT2D eigenvalue weighted by Crippen LogP contribution is 2.15. The van der Waals surface area contributed by atoms with Gasteiger partial charge in [0.15, 0.2) is 0 Å². The van der Waals surface area contributed by atoms with Crippen molar-refractivity contribution in [2.45, 2.75) is 25.4 Å². The van der Waals surface area contributed by atoms with Crippen LogP contribution in [0.25, 0.3) is 0 Å². The molecule has 1 aromatic rings. The van der Waals surface area contributed by atoms with Crippen molar-refractivity contribution in [3.63, 3.8) is 0 Å². The number of likely N-dealkylation sites (tertiary alicyclic amines) is 1. The number of carbonyl (C=O) groups is 1. The number of nitrogens with zero attached hydrogens (tertiary/aromatic N) is 2. The maximum atomic E-state index is 11.8. The molecule has 7 nitrogen and oxygen atoms in total. The number of benzene rings is 1. The SMILES string of the molecule is O=C(CCCNc1ccc([N+](=O)[O-])cc1)N1CC[C@@H](O)C1. The first-order valence-corrected chi connectivity index (χ1v) is 7.00. The van der Waals surface area contributed by atoms with Crippen molar-refractivity contribution in [3.05, 3.63) is 34.4 Å². The first kappa shape index (κ1) is 15.2. The molecular formula is C14H19N3O4. The van der Waals surface area contributed by atoms with Crippen LogP contribution in [-0.4, -0.2) is 46.6 Å². The molecule has 21 heavy (non-hydrogen) atoms.